The highest BCUT2D eigenvalue weighted by molar-refractivity contribution is 7.09. The highest BCUT2D eigenvalue weighted by atomic mass is 35.5. The summed E-state index contributed by atoms with van der Waals surface area (Å²) >= 11 is 7.39. The third-order valence-electron chi connectivity index (χ3n) is 2.79. The molecule has 1 aromatic rings. The number of thiazole rings is 1. The van der Waals surface area contributed by atoms with Crippen LogP contribution in [0.4, 0.5) is 0 Å². The Hall–Kier alpha value is -0.650. The molecule has 0 saturated carbocycles. The smallest absolute Gasteiger partial charge is 0.234 e. The molecular formula is C13H22ClN3OS. The maximum atomic E-state index is 11.5. The van der Waals surface area contributed by atoms with E-state index in [-0.39, 0.29) is 5.91 Å². The van der Waals surface area contributed by atoms with E-state index in [1.165, 1.54) is 0 Å². The highest BCUT2D eigenvalue weighted by Crippen LogP contribution is 2.13. The lowest BCUT2D eigenvalue weighted by atomic mass is 10.3. The molecule has 1 amide bonds. The number of likely N-dealkylation sites (N-methyl/N-ethyl adjacent to an activating group) is 2. The number of aromatic nitrogens is 1. The maximum Gasteiger partial charge on any atom is 0.234 e. The number of rotatable bonds is 9. The summed E-state index contributed by atoms with van der Waals surface area (Å²) in [5.74, 6) is 0.581. The molecule has 108 valence electrons. The zero-order chi connectivity index (χ0) is 14.1. The monoisotopic (exact) mass is 303 g/mol. The summed E-state index contributed by atoms with van der Waals surface area (Å²) in [4.78, 5) is 18.1. The second kappa shape index (κ2) is 9.28. The van der Waals surface area contributed by atoms with Gasteiger partial charge in [-0.1, -0.05) is 6.92 Å². The van der Waals surface area contributed by atoms with Gasteiger partial charge >= 0.3 is 0 Å². The zero-order valence-electron chi connectivity index (χ0n) is 11.6. The molecule has 0 unspecified atom stereocenters. The van der Waals surface area contributed by atoms with E-state index in [1.54, 1.807) is 11.3 Å². The number of alkyl halides is 1. The van der Waals surface area contributed by atoms with Gasteiger partial charge in [0.1, 0.15) is 0 Å². The van der Waals surface area contributed by atoms with E-state index in [4.69, 9.17) is 11.6 Å². The van der Waals surface area contributed by atoms with Gasteiger partial charge in [-0.25, -0.2) is 4.98 Å². The molecule has 1 rings (SSSR count). The van der Waals surface area contributed by atoms with Crippen molar-refractivity contribution in [1.82, 2.24) is 15.2 Å². The van der Waals surface area contributed by atoms with Gasteiger partial charge in [0, 0.05) is 18.3 Å². The van der Waals surface area contributed by atoms with E-state index in [0.29, 0.717) is 19.0 Å². The minimum absolute atomic E-state index is 0.100. The zero-order valence-corrected chi connectivity index (χ0v) is 13.2. The van der Waals surface area contributed by atoms with E-state index in [9.17, 15) is 4.79 Å². The van der Waals surface area contributed by atoms with Crippen LogP contribution in [0.2, 0.25) is 0 Å². The Morgan fingerprint density at radius 1 is 1.53 bits per heavy atom. The minimum Gasteiger partial charge on any atom is -0.355 e. The number of amides is 1. The van der Waals surface area contributed by atoms with E-state index in [2.05, 4.69) is 22.1 Å². The normalized spacial score (nSPS) is 10.9. The summed E-state index contributed by atoms with van der Waals surface area (Å²) in [5, 5.41) is 5.96. The van der Waals surface area contributed by atoms with Gasteiger partial charge < -0.3 is 5.32 Å². The summed E-state index contributed by atoms with van der Waals surface area (Å²) in [6.45, 7) is 7.00. The van der Waals surface area contributed by atoms with Crippen molar-refractivity contribution in [2.45, 2.75) is 32.6 Å². The van der Waals surface area contributed by atoms with Crippen LogP contribution in [-0.4, -0.2) is 42.0 Å². The number of nitrogens with zero attached hydrogens (tertiary/aromatic N) is 2. The second-order valence-corrected chi connectivity index (χ2v) is 5.50. The van der Waals surface area contributed by atoms with Gasteiger partial charge in [0.15, 0.2) is 0 Å². The van der Waals surface area contributed by atoms with Gasteiger partial charge in [-0.2, -0.15) is 0 Å². The summed E-state index contributed by atoms with van der Waals surface area (Å²) in [6, 6.07) is 0. The molecule has 0 aliphatic carbocycles. The molecule has 4 nitrogen and oxygen atoms in total. The molecule has 0 saturated heterocycles. The quantitative estimate of drug-likeness (QED) is 0.712. The first kappa shape index (κ1) is 16.4. The molecule has 0 bridgehead atoms. The third kappa shape index (κ3) is 6.36. The number of hydrogen-bond donors (Lipinski definition) is 1. The van der Waals surface area contributed by atoms with Crippen LogP contribution in [0.25, 0.3) is 0 Å². The van der Waals surface area contributed by atoms with Crippen molar-refractivity contribution in [3.05, 3.63) is 16.1 Å². The van der Waals surface area contributed by atoms with Crippen molar-refractivity contribution in [2.75, 3.05) is 26.2 Å². The van der Waals surface area contributed by atoms with Crippen LogP contribution in [0.15, 0.2) is 5.38 Å². The fourth-order valence-corrected chi connectivity index (χ4v) is 2.85. The number of hydrogen-bond acceptors (Lipinski definition) is 4. The Balaban J connectivity index is 2.27. The molecule has 19 heavy (non-hydrogen) atoms. The van der Waals surface area contributed by atoms with E-state index >= 15 is 0 Å². The van der Waals surface area contributed by atoms with Gasteiger partial charge in [-0.3, -0.25) is 9.69 Å². The first-order valence-corrected chi connectivity index (χ1v) is 8.09. The third-order valence-corrected chi connectivity index (χ3v) is 4.02. The van der Waals surface area contributed by atoms with Gasteiger partial charge in [0.2, 0.25) is 5.91 Å². The van der Waals surface area contributed by atoms with Crippen molar-refractivity contribution >= 4 is 28.8 Å². The van der Waals surface area contributed by atoms with Crippen molar-refractivity contribution < 1.29 is 4.79 Å². The van der Waals surface area contributed by atoms with Crippen molar-refractivity contribution in [2.24, 2.45) is 0 Å². The number of carbonyl (C=O) groups excluding carboxylic acids is 1. The molecule has 0 aromatic carbocycles. The van der Waals surface area contributed by atoms with Crippen molar-refractivity contribution in [1.29, 1.82) is 0 Å². The second-order valence-electron chi connectivity index (χ2n) is 4.29. The Labute approximate surface area is 124 Å². The van der Waals surface area contributed by atoms with E-state index in [0.717, 1.165) is 36.6 Å². The molecule has 0 atom stereocenters. The number of nitrogens with one attached hydrogen (secondary N) is 1. The van der Waals surface area contributed by atoms with E-state index in [1.807, 2.05) is 12.3 Å². The average molecular weight is 304 g/mol. The molecule has 1 heterocycles. The Morgan fingerprint density at radius 3 is 2.89 bits per heavy atom. The Kier molecular flexibility index (Phi) is 8.02. The minimum atomic E-state index is 0.100. The first-order valence-electron chi connectivity index (χ1n) is 6.67. The van der Waals surface area contributed by atoms with Crippen LogP contribution < -0.4 is 5.32 Å². The average Bonchev–Trinajstić information content (AvgIpc) is 2.86. The van der Waals surface area contributed by atoms with Crippen LogP contribution in [0.1, 0.15) is 31.0 Å². The Bertz CT molecular complexity index is 384. The lowest BCUT2D eigenvalue weighted by molar-refractivity contribution is -0.122. The topological polar surface area (TPSA) is 45.2 Å². The fraction of sp³-hybridized carbons (Fsp3) is 0.692. The molecular weight excluding hydrogens is 282 g/mol. The molecule has 1 aromatic heterocycles. The van der Waals surface area contributed by atoms with Crippen LogP contribution in [0, 0.1) is 0 Å². The predicted molar refractivity (Wildman–Crippen MR) is 80.8 cm³/mol. The van der Waals surface area contributed by atoms with E-state index < -0.39 is 0 Å². The first-order chi connectivity index (χ1) is 9.19. The lowest BCUT2D eigenvalue weighted by Crippen LogP contribution is -2.37. The molecule has 0 spiro atoms. The fourth-order valence-electron chi connectivity index (χ4n) is 1.78. The predicted octanol–water partition coefficient (Wildman–Crippen LogP) is 2.27. The SMILES string of the molecule is CCNC(=O)CN(CC)CCCc1nc(CCl)cs1. The van der Waals surface area contributed by atoms with Crippen LogP contribution in [-0.2, 0) is 17.1 Å². The van der Waals surface area contributed by atoms with Crippen LogP contribution >= 0.6 is 22.9 Å². The van der Waals surface area contributed by atoms with Gasteiger partial charge in [0.05, 0.1) is 23.1 Å². The summed E-state index contributed by atoms with van der Waals surface area (Å²) in [7, 11) is 0. The standard InChI is InChI=1S/C13H22ClN3OS/c1-3-15-12(18)9-17(4-2)7-5-6-13-16-11(8-14)10-19-13/h10H,3-9H2,1-2H3,(H,15,18). The number of aryl methyl sites for hydroxylation is 1. The molecule has 0 fully saturated rings. The molecule has 0 aliphatic heterocycles. The lowest BCUT2D eigenvalue weighted by Gasteiger charge is -2.19. The van der Waals surface area contributed by atoms with Crippen LogP contribution in [0.5, 0.6) is 0 Å². The van der Waals surface area contributed by atoms with Crippen LogP contribution in [0.3, 0.4) is 0 Å². The summed E-state index contributed by atoms with van der Waals surface area (Å²) in [5.41, 5.74) is 0.955. The van der Waals surface area contributed by atoms with Gasteiger partial charge in [0.25, 0.3) is 0 Å². The molecule has 0 radical (unpaired) electrons. The Morgan fingerprint density at radius 2 is 2.32 bits per heavy atom. The largest absolute Gasteiger partial charge is 0.355 e. The maximum absolute atomic E-state index is 11.5. The summed E-state index contributed by atoms with van der Waals surface area (Å²) in [6.07, 6.45) is 1.97. The van der Waals surface area contributed by atoms with Gasteiger partial charge in [-0.15, -0.1) is 22.9 Å². The molecule has 0 aliphatic rings. The number of carbonyl (C=O) groups is 1. The van der Waals surface area contributed by atoms with Crippen molar-refractivity contribution in [3.8, 4) is 0 Å². The van der Waals surface area contributed by atoms with Crippen molar-refractivity contribution in [3.63, 3.8) is 0 Å². The number of halogens is 1. The summed E-state index contributed by atoms with van der Waals surface area (Å²) < 4.78 is 0. The van der Waals surface area contributed by atoms with Gasteiger partial charge in [-0.05, 0) is 26.4 Å². The molecule has 6 heteroatoms. The highest BCUT2D eigenvalue weighted by Gasteiger charge is 2.08. The molecule has 1 N–H and O–H groups in total.